The quantitative estimate of drug-likeness (QED) is 0.560. The number of aliphatic carboxylic acids is 2. The second kappa shape index (κ2) is 8.23. The van der Waals surface area contributed by atoms with Crippen molar-refractivity contribution in [2.45, 2.75) is 45.6 Å². The molecule has 0 aromatic heterocycles. The lowest BCUT2D eigenvalue weighted by Gasteiger charge is -2.14. The fourth-order valence-electron chi connectivity index (χ4n) is 1.34. The third-order valence-electron chi connectivity index (χ3n) is 2.64. The zero-order chi connectivity index (χ0) is 15.0. The van der Waals surface area contributed by atoms with Gasteiger partial charge in [0.25, 0.3) is 0 Å². The Kier molecular flexibility index (Phi) is 7.40. The summed E-state index contributed by atoms with van der Waals surface area (Å²) in [6, 6.07) is -1.11. The van der Waals surface area contributed by atoms with E-state index in [-0.39, 0.29) is 31.5 Å². The Labute approximate surface area is 111 Å². The molecule has 108 valence electrons. The van der Waals surface area contributed by atoms with Crippen LogP contribution in [0.2, 0.25) is 0 Å². The van der Waals surface area contributed by atoms with Crippen LogP contribution in [0.25, 0.3) is 0 Å². The van der Waals surface area contributed by atoms with Crippen LogP contribution in [0, 0.1) is 5.92 Å². The molecule has 1 amide bonds. The summed E-state index contributed by atoms with van der Waals surface area (Å²) in [6.07, 6.45) is 0.186. The lowest BCUT2D eigenvalue weighted by molar-refractivity contribution is -0.143. The molecule has 3 N–H and O–H groups in total. The van der Waals surface area contributed by atoms with Gasteiger partial charge in [0.05, 0.1) is 5.92 Å². The zero-order valence-corrected chi connectivity index (χ0v) is 11.0. The Morgan fingerprint density at radius 3 is 2.00 bits per heavy atom. The van der Waals surface area contributed by atoms with E-state index < -0.39 is 29.8 Å². The fraction of sp³-hybridized carbons (Fsp3) is 0.667. The van der Waals surface area contributed by atoms with E-state index in [1.807, 2.05) is 0 Å². The molecule has 0 unspecified atom stereocenters. The van der Waals surface area contributed by atoms with E-state index >= 15 is 0 Å². The third kappa shape index (κ3) is 7.91. The Morgan fingerprint density at radius 1 is 1.00 bits per heavy atom. The fourth-order valence-corrected chi connectivity index (χ4v) is 1.34. The van der Waals surface area contributed by atoms with Crippen LogP contribution < -0.4 is 5.32 Å². The summed E-state index contributed by atoms with van der Waals surface area (Å²) < 4.78 is 0. The second-order valence-corrected chi connectivity index (χ2v) is 4.48. The van der Waals surface area contributed by atoms with Gasteiger partial charge in [-0.3, -0.25) is 9.59 Å². The van der Waals surface area contributed by atoms with Gasteiger partial charge in [-0.05, 0) is 19.8 Å². The van der Waals surface area contributed by atoms with E-state index in [1.54, 1.807) is 0 Å². The molecule has 2 atom stereocenters. The summed E-state index contributed by atoms with van der Waals surface area (Å²) in [6.45, 7) is 2.81. The highest BCUT2D eigenvalue weighted by Gasteiger charge is 2.21. The van der Waals surface area contributed by atoms with Crippen molar-refractivity contribution >= 4 is 23.6 Å². The van der Waals surface area contributed by atoms with E-state index in [1.165, 1.54) is 13.8 Å². The first-order valence-corrected chi connectivity index (χ1v) is 5.98. The maximum Gasteiger partial charge on any atom is 0.326 e. The minimum atomic E-state index is -1.21. The molecule has 0 aromatic carbocycles. The molecule has 0 aromatic rings. The van der Waals surface area contributed by atoms with Gasteiger partial charge < -0.3 is 20.3 Å². The summed E-state index contributed by atoms with van der Waals surface area (Å²) in [5, 5.41) is 19.8. The molecule has 0 aliphatic carbocycles. The smallest absolute Gasteiger partial charge is 0.326 e. The van der Waals surface area contributed by atoms with Gasteiger partial charge in [-0.25, -0.2) is 4.79 Å². The molecule has 0 radical (unpaired) electrons. The number of carboxylic acids is 2. The van der Waals surface area contributed by atoms with Gasteiger partial charge in [-0.2, -0.15) is 0 Å². The number of carboxylic acid groups (broad SMARTS) is 2. The SMILES string of the molecule is CC(=O)CC[C@H](NC(=O)CC[C@H](C)C(=O)O)C(=O)O. The molecule has 0 saturated carbocycles. The number of carbonyl (C=O) groups is 4. The first-order valence-electron chi connectivity index (χ1n) is 5.98. The van der Waals surface area contributed by atoms with Gasteiger partial charge in [0.1, 0.15) is 11.8 Å². The molecule has 19 heavy (non-hydrogen) atoms. The van der Waals surface area contributed by atoms with Crippen molar-refractivity contribution in [3.05, 3.63) is 0 Å². The summed E-state index contributed by atoms with van der Waals surface area (Å²) in [4.78, 5) is 43.7. The molecule has 0 saturated heterocycles. The average molecular weight is 273 g/mol. The van der Waals surface area contributed by atoms with E-state index in [9.17, 15) is 19.2 Å². The van der Waals surface area contributed by atoms with Crippen LogP contribution in [0.1, 0.15) is 39.5 Å². The largest absolute Gasteiger partial charge is 0.481 e. The lowest BCUT2D eigenvalue weighted by Crippen LogP contribution is -2.41. The molecular weight excluding hydrogens is 254 g/mol. The molecular formula is C12H19NO6. The first-order chi connectivity index (χ1) is 8.73. The maximum absolute atomic E-state index is 11.5. The zero-order valence-electron chi connectivity index (χ0n) is 11.0. The number of hydrogen-bond acceptors (Lipinski definition) is 4. The van der Waals surface area contributed by atoms with E-state index in [0.717, 1.165) is 0 Å². The van der Waals surface area contributed by atoms with Crippen LogP contribution in [0.3, 0.4) is 0 Å². The molecule has 0 fully saturated rings. The molecule has 0 spiro atoms. The number of amides is 1. The summed E-state index contributed by atoms with van der Waals surface area (Å²) in [5.41, 5.74) is 0. The van der Waals surface area contributed by atoms with Crippen molar-refractivity contribution in [1.29, 1.82) is 0 Å². The minimum absolute atomic E-state index is 0.0326. The molecule has 0 aliphatic heterocycles. The number of Topliss-reactive ketones (excluding diaryl/α,β-unsaturated/α-hetero) is 1. The van der Waals surface area contributed by atoms with E-state index in [4.69, 9.17) is 10.2 Å². The van der Waals surface area contributed by atoms with Crippen LogP contribution in [-0.4, -0.2) is 39.9 Å². The van der Waals surface area contributed by atoms with Crippen molar-refractivity contribution in [3.8, 4) is 0 Å². The molecule has 0 aliphatic rings. The van der Waals surface area contributed by atoms with Gasteiger partial charge in [0.2, 0.25) is 5.91 Å². The normalized spacial score (nSPS) is 13.4. The van der Waals surface area contributed by atoms with Crippen LogP contribution >= 0.6 is 0 Å². The molecule has 0 bridgehead atoms. The highest BCUT2D eigenvalue weighted by molar-refractivity contribution is 5.84. The Morgan fingerprint density at radius 2 is 1.58 bits per heavy atom. The monoisotopic (exact) mass is 273 g/mol. The number of nitrogens with one attached hydrogen (secondary N) is 1. The number of ketones is 1. The lowest BCUT2D eigenvalue weighted by atomic mass is 10.0. The van der Waals surface area contributed by atoms with Crippen LogP contribution in [-0.2, 0) is 19.2 Å². The first kappa shape index (κ1) is 17.1. The van der Waals surface area contributed by atoms with Crippen molar-refractivity contribution < 1.29 is 29.4 Å². The Hall–Kier alpha value is -1.92. The van der Waals surface area contributed by atoms with Crippen molar-refractivity contribution in [2.24, 2.45) is 5.92 Å². The highest BCUT2D eigenvalue weighted by Crippen LogP contribution is 2.06. The third-order valence-corrected chi connectivity index (χ3v) is 2.64. The average Bonchev–Trinajstić information content (AvgIpc) is 2.30. The number of carbonyl (C=O) groups excluding carboxylic acids is 2. The van der Waals surface area contributed by atoms with Gasteiger partial charge in [-0.1, -0.05) is 6.92 Å². The standard InChI is InChI=1S/C12H19NO6/c1-7(11(16)17)3-6-10(15)13-9(12(18)19)5-4-8(2)14/h7,9H,3-6H2,1-2H3,(H,13,15)(H,16,17)(H,18,19)/t7-,9-/m0/s1. The number of rotatable bonds is 9. The van der Waals surface area contributed by atoms with Gasteiger partial charge in [0.15, 0.2) is 0 Å². The van der Waals surface area contributed by atoms with E-state index in [2.05, 4.69) is 5.32 Å². The highest BCUT2D eigenvalue weighted by atomic mass is 16.4. The summed E-state index contributed by atoms with van der Waals surface area (Å²) >= 11 is 0. The van der Waals surface area contributed by atoms with Gasteiger partial charge >= 0.3 is 11.9 Å². The molecule has 0 rings (SSSR count). The van der Waals surface area contributed by atoms with E-state index in [0.29, 0.717) is 0 Å². The summed E-state index contributed by atoms with van der Waals surface area (Å²) in [5.74, 6) is -3.55. The molecule has 7 heteroatoms. The predicted molar refractivity (Wildman–Crippen MR) is 65.5 cm³/mol. The van der Waals surface area contributed by atoms with Crippen molar-refractivity contribution in [2.75, 3.05) is 0 Å². The van der Waals surface area contributed by atoms with Crippen LogP contribution in [0.5, 0.6) is 0 Å². The molecule has 0 heterocycles. The molecule has 7 nitrogen and oxygen atoms in total. The number of hydrogen-bond donors (Lipinski definition) is 3. The minimum Gasteiger partial charge on any atom is -0.481 e. The Bertz CT molecular complexity index is 365. The van der Waals surface area contributed by atoms with Gasteiger partial charge in [0, 0.05) is 12.8 Å². The topological polar surface area (TPSA) is 121 Å². The van der Waals surface area contributed by atoms with Crippen LogP contribution in [0.15, 0.2) is 0 Å². The van der Waals surface area contributed by atoms with Crippen LogP contribution in [0.4, 0.5) is 0 Å². The Balaban J connectivity index is 4.20. The predicted octanol–water partition coefficient (Wildman–Crippen LogP) is 0.426. The van der Waals surface area contributed by atoms with Crippen molar-refractivity contribution in [1.82, 2.24) is 5.32 Å². The van der Waals surface area contributed by atoms with Crippen molar-refractivity contribution in [3.63, 3.8) is 0 Å². The summed E-state index contributed by atoms with van der Waals surface area (Å²) in [7, 11) is 0. The maximum atomic E-state index is 11.5. The second-order valence-electron chi connectivity index (χ2n) is 4.48. The van der Waals surface area contributed by atoms with Gasteiger partial charge in [-0.15, -0.1) is 0 Å².